The number of para-hydroxylation sites is 2. The minimum absolute atomic E-state index is 0.575. The van der Waals surface area contributed by atoms with Crippen molar-refractivity contribution in [3.8, 4) is 0 Å². The normalized spacial score (nSPS) is 16.8. The lowest BCUT2D eigenvalue weighted by Crippen LogP contribution is -2.42. The summed E-state index contributed by atoms with van der Waals surface area (Å²) in [4.78, 5) is 0. The molecular formula is C17H21N3. The van der Waals surface area contributed by atoms with Gasteiger partial charge in [0.1, 0.15) is 0 Å². The zero-order chi connectivity index (χ0) is 13.6. The van der Waals surface area contributed by atoms with Crippen LogP contribution in [0.5, 0.6) is 0 Å². The summed E-state index contributed by atoms with van der Waals surface area (Å²) in [5, 5.41) is 5.91. The van der Waals surface area contributed by atoms with Gasteiger partial charge in [-0.2, -0.15) is 0 Å². The molecule has 1 heterocycles. The minimum atomic E-state index is 0.575. The number of nitrogens with one attached hydrogen (secondary N) is 2. The van der Waals surface area contributed by atoms with E-state index in [9.17, 15) is 0 Å². The van der Waals surface area contributed by atoms with E-state index >= 15 is 0 Å². The van der Waals surface area contributed by atoms with Crippen LogP contribution in [-0.2, 0) is 0 Å². The van der Waals surface area contributed by atoms with Gasteiger partial charge in [-0.15, -0.1) is 0 Å². The van der Waals surface area contributed by atoms with Crippen molar-refractivity contribution in [2.75, 3.05) is 23.8 Å². The van der Waals surface area contributed by atoms with E-state index in [0.717, 1.165) is 25.9 Å². The van der Waals surface area contributed by atoms with Crippen LogP contribution in [0.4, 0.5) is 11.4 Å². The third kappa shape index (κ3) is 3.52. The standard InChI is InChI=1S/C17H21N3/c1-3-7-15(8-4-1)18-16-11-13-20(14-12-16)19-17-9-5-2-6-10-17/h1-10,16,18-19H,11-14H2. The molecular weight excluding hydrogens is 246 g/mol. The van der Waals surface area contributed by atoms with Gasteiger partial charge in [0.25, 0.3) is 0 Å². The van der Waals surface area contributed by atoms with Crippen molar-refractivity contribution < 1.29 is 0 Å². The van der Waals surface area contributed by atoms with Gasteiger partial charge in [-0.1, -0.05) is 36.4 Å². The van der Waals surface area contributed by atoms with Crippen molar-refractivity contribution in [3.63, 3.8) is 0 Å². The molecule has 20 heavy (non-hydrogen) atoms. The van der Waals surface area contributed by atoms with Crippen LogP contribution in [-0.4, -0.2) is 24.1 Å². The Morgan fingerprint density at radius 3 is 1.90 bits per heavy atom. The third-order valence-corrected chi connectivity index (χ3v) is 3.70. The van der Waals surface area contributed by atoms with Crippen LogP contribution in [0.2, 0.25) is 0 Å². The van der Waals surface area contributed by atoms with Gasteiger partial charge in [-0.25, -0.2) is 5.01 Å². The highest BCUT2D eigenvalue weighted by Gasteiger charge is 2.18. The van der Waals surface area contributed by atoms with Gasteiger partial charge in [0.15, 0.2) is 0 Å². The van der Waals surface area contributed by atoms with Crippen molar-refractivity contribution in [1.29, 1.82) is 0 Å². The smallest absolute Gasteiger partial charge is 0.0490 e. The van der Waals surface area contributed by atoms with Crippen LogP contribution in [0.25, 0.3) is 0 Å². The Hall–Kier alpha value is -2.00. The van der Waals surface area contributed by atoms with E-state index in [1.54, 1.807) is 0 Å². The number of anilines is 2. The second-order valence-electron chi connectivity index (χ2n) is 5.25. The molecule has 0 aliphatic carbocycles. The predicted molar refractivity (Wildman–Crippen MR) is 84.7 cm³/mol. The summed E-state index contributed by atoms with van der Waals surface area (Å²) < 4.78 is 0. The molecule has 0 spiro atoms. The van der Waals surface area contributed by atoms with Crippen LogP contribution in [0.1, 0.15) is 12.8 Å². The van der Waals surface area contributed by atoms with Crippen molar-refractivity contribution >= 4 is 11.4 Å². The zero-order valence-electron chi connectivity index (χ0n) is 11.6. The third-order valence-electron chi connectivity index (χ3n) is 3.70. The van der Waals surface area contributed by atoms with E-state index in [1.165, 1.54) is 11.4 Å². The Morgan fingerprint density at radius 1 is 0.750 bits per heavy atom. The van der Waals surface area contributed by atoms with E-state index in [0.29, 0.717) is 6.04 Å². The van der Waals surface area contributed by atoms with Gasteiger partial charge in [-0.05, 0) is 37.1 Å². The number of nitrogens with zero attached hydrogens (tertiary/aromatic N) is 1. The SMILES string of the molecule is c1ccc(NC2CCN(Nc3ccccc3)CC2)cc1. The summed E-state index contributed by atoms with van der Waals surface area (Å²) in [6, 6.07) is 21.4. The fraction of sp³-hybridized carbons (Fsp3) is 0.294. The molecule has 0 unspecified atom stereocenters. The Morgan fingerprint density at radius 2 is 1.30 bits per heavy atom. The first-order chi connectivity index (χ1) is 9.90. The Bertz CT molecular complexity index is 455. The first-order valence-corrected chi connectivity index (χ1v) is 7.28. The monoisotopic (exact) mass is 267 g/mol. The predicted octanol–water partition coefficient (Wildman–Crippen LogP) is 3.59. The molecule has 104 valence electrons. The second kappa shape index (κ2) is 6.44. The average molecular weight is 267 g/mol. The summed E-state index contributed by atoms with van der Waals surface area (Å²) in [5.74, 6) is 0. The lowest BCUT2D eigenvalue weighted by Gasteiger charge is -2.33. The quantitative estimate of drug-likeness (QED) is 0.886. The molecule has 0 bridgehead atoms. The molecule has 0 amide bonds. The lowest BCUT2D eigenvalue weighted by molar-refractivity contribution is 0.260. The van der Waals surface area contributed by atoms with Crippen molar-refractivity contribution in [1.82, 2.24) is 5.01 Å². The summed E-state index contributed by atoms with van der Waals surface area (Å²) in [6.45, 7) is 2.14. The number of benzene rings is 2. The molecule has 1 aliphatic rings. The van der Waals surface area contributed by atoms with Gasteiger partial charge in [0.2, 0.25) is 0 Å². The fourth-order valence-corrected chi connectivity index (χ4v) is 2.60. The van der Waals surface area contributed by atoms with E-state index in [-0.39, 0.29) is 0 Å². The first kappa shape index (κ1) is 13.0. The van der Waals surface area contributed by atoms with Gasteiger partial charge in [-0.3, -0.25) is 0 Å². The maximum absolute atomic E-state index is 3.61. The zero-order valence-corrected chi connectivity index (χ0v) is 11.6. The first-order valence-electron chi connectivity index (χ1n) is 7.28. The molecule has 3 nitrogen and oxygen atoms in total. The molecule has 0 saturated carbocycles. The van der Waals surface area contributed by atoms with Crippen LogP contribution >= 0.6 is 0 Å². The van der Waals surface area contributed by atoms with Gasteiger partial charge in [0.05, 0.1) is 0 Å². The Kier molecular flexibility index (Phi) is 4.19. The molecule has 3 heteroatoms. The molecule has 0 radical (unpaired) electrons. The fourth-order valence-electron chi connectivity index (χ4n) is 2.60. The van der Waals surface area contributed by atoms with Crippen LogP contribution in [0, 0.1) is 0 Å². The van der Waals surface area contributed by atoms with Crippen LogP contribution < -0.4 is 10.7 Å². The van der Waals surface area contributed by atoms with E-state index in [4.69, 9.17) is 0 Å². The molecule has 2 N–H and O–H groups in total. The molecule has 1 aliphatic heterocycles. The topological polar surface area (TPSA) is 27.3 Å². The number of hydrazine groups is 1. The molecule has 1 fully saturated rings. The molecule has 0 atom stereocenters. The molecule has 3 rings (SSSR count). The second-order valence-corrected chi connectivity index (χ2v) is 5.25. The number of rotatable bonds is 4. The lowest BCUT2D eigenvalue weighted by atomic mass is 10.1. The number of hydrogen-bond acceptors (Lipinski definition) is 3. The summed E-state index contributed by atoms with van der Waals surface area (Å²) in [7, 11) is 0. The summed E-state index contributed by atoms with van der Waals surface area (Å²) >= 11 is 0. The average Bonchev–Trinajstić information content (AvgIpc) is 2.51. The number of piperidine rings is 1. The molecule has 2 aromatic carbocycles. The summed E-state index contributed by atoms with van der Waals surface area (Å²) in [5.41, 5.74) is 5.86. The molecule has 0 aromatic heterocycles. The summed E-state index contributed by atoms with van der Waals surface area (Å²) in [6.07, 6.45) is 2.32. The highest BCUT2D eigenvalue weighted by atomic mass is 15.5. The Labute approximate surface area is 120 Å². The minimum Gasteiger partial charge on any atom is -0.382 e. The number of hydrogen-bond donors (Lipinski definition) is 2. The van der Waals surface area contributed by atoms with Crippen molar-refractivity contribution in [3.05, 3.63) is 60.7 Å². The molecule has 2 aromatic rings. The van der Waals surface area contributed by atoms with E-state index in [2.05, 4.69) is 70.3 Å². The largest absolute Gasteiger partial charge is 0.382 e. The highest BCUT2D eigenvalue weighted by Crippen LogP contribution is 2.17. The van der Waals surface area contributed by atoms with E-state index in [1.807, 2.05) is 6.07 Å². The Balaban J connectivity index is 1.47. The van der Waals surface area contributed by atoms with Crippen LogP contribution in [0.3, 0.4) is 0 Å². The maximum Gasteiger partial charge on any atom is 0.0490 e. The van der Waals surface area contributed by atoms with Gasteiger partial charge < -0.3 is 10.7 Å². The van der Waals surface area contributed by atoms with Gasteiger partial charge >= 0.3 is 0 Å². The molecule has 1 saturated heterocycles. The van der Waals surface area contributed by atoms with E-state index < -0.39 is 0 Å². The van der Waals surface area contributed by atoms with Crippen LogP contribution in [0.15, 0.2) is 60.7 Å². The maximum atomic E-state index is 3.61. The van der Waals surface area contributed by atoms with Crippen molar-refractivity contribution in [2.45, 2.75) is 18.9 Å². The van der Waals surface area contributed by atoms with Gasteiger partial charge in [0, 0.05) is 30.5 Å². The van der Waals surface area contributed by atoms with Crippen molar-refractivity contribution in [2.24, 2.45) is 0 Å². The highest BCUT2D eigenvalue weighted by molar-refractivity contribution is 5.44.